The molecule has 118 valence electrons. The number of halogens is 1. The second-order valence-electron chi connectivity index (χ2n) is 5.07. The standard InChI is InChI=1S/C17H15FN2O2S/c1-20(10-16-19-14-4-2-3-5-15(14)23-16)17(21)11-22-13-8-6-12(18)7-9-13/h2-9H,10-11H2,1H3. The SMILES string of the molecule is CN(Cc1nc2ccccc2s1)C(=O)COc1ccc(F)cc1. The van der Waals surface area contributed by atoms with Crippen molar-refractivity contribution in [2.75, 3.05) is 13.7 Å². The van der Waals surface area contributed by atoms with Crippen LogP contribution >= 0.6 is 11.3 Å². The number of aromatic nitrogens is 1. The van der Waals surface area contributed by atoms with E-state index in [9.17, 15) is 9.18 Å². The molecule has 0 radical (unpaired) electrons. The Kier molecular flexibility index (Phi) is 4.52. The van der Waals surface area contributed by atoms with E-state index in [2.05, 4.69) is 4.98 Å². The second kappa shape index (κ2) is 6.75. The molecule has 0 fully saturated rings. The number of carbonyl (C=O) groups excluding carboxylic acids is 1. The number of likely N-dealkylation sites (N-methyl/N-ethyl adjacent to an activating group) is 1. The van der Waals surface area contributed by atoms with Gasteiger partial charge >= 0.3 is 0 Å². The third-order valence-corrected chi connectivity index (χ3v) is 4.33. The number of fused-ring (bicyclic) bond motifs is 1. The molecule has 1 heterocycles. The summed E-state index contributed by atoms with van der Waals surface area (Å²) in [5, 5.41) is 0.879. The third kappa shape index (κ3) is 3.84. The lowest BCUT2D eigenvalue weighted by Gasteiger charge is -2.16. The molecule has 0 aliphatic carbocycles. The van der Waals surface area contributed by atoms with E-state index >= 15 is 0 Å². The fourth-order valence-corrected chi connectivity index (χ4v) is 3.09. The summed E-state index contributed by atoms with van der Waals surface area (Å²) < 4.78 is 19.3. The van der Waals surface area contributed by atoms with Crippen molar-refractivity contribution in [1.29, 1.82) is 0 Å². The Labute approximate surface area is 137 Å². The normalized spacial score (nSPS) is 10.7. The van der Waals surface area contributed by atoms with Gasteiger partial charge in [-0.1, -0.05) is 12.1 Å². The van der Waals surface area contributed by atoms with Gasteiger partial charge < -0.3 is 9.64 Å². The largest absolute Gasteiger partial charge is 0.484 e. The van der Waals surface area contributed by atoms with Crippen molar-refractivity contribution in [1.82, 2.24) is 9.88 Å². The molecular weight excluding hydrogens is 315 g/mol. The quantitative estimate of drug-likeness (QED) is 0.719. The molecular formula is C17H15FN2O2S. The average Bonchev–Trinajstić information content (AvgIpc) is 2.96. The van der Waals surface area contributed by atoms with Crippen LogP contribution in [-0.4, -0.2) is 29.4 Å². The van der Waals surface area contributed by atoms with Gasteiger partial charge in [0.25, 0.3) is 5.91 Å². The first-order valence-corrected chi connectivity index (χ1v) is 7.90. The molecule has 1 aromatic heterocycles. The minimum absolute atomic E-state index is 0.0903. The van der Waals surface area contributed by atoms with Crippen molar-refractivity contribution in [3.8, 4) is 5.75 Å². The molecule has 0 unspecified atom stereocenters. The number of rotatable bonds is 5. The van der Waals surface area contributed by atoms with Crippen LogP contribution in [0.2, 0.25) is 0 Å². The molecule has 4 nitrogen and oxygen atoms in total. The van der Waals surface area contributed by atoms with Gasteiger partial charge in [-0.05, 0) is 36.4 Å². The number of thiazole rings is 1. The van der Waals surface area contributed by atoms with Gasteiger partial charge in [-0.15, -0.1) is 11.3 Å². The molecule has 0 saturated heterocycles. The van der Waals surface area contributed by atoms with Gasteiger partial charge in [0.2, 0.25) is 0 Å². The van der Waals surface area contributed by atoms with Crippen molar-refractivity contribution in [3.63, 3.8) is 0 Å². The van der Waals surface area contributed by atoms with Crippen molar-refractivity contribution < 1.29 is 13.9 Å². The molecule has 0 saturated carbocycles. The zero-order valence-corrected chi connectivity index (χ0v) is 13.3. The highest BCUT2D eigenvalue weighted by atomic mass is 32.1. The lowest BCUT2D eigenvalue weighted by Crippen LogP contribution is -2.30. The number of benzene rings is 2. The Morgan fingerprint density at radius 2 is 1.96 bits per heavy atom. The number of para-hydroxylation sites is 1. The first-order chi connectivity index (χ1) is 11.1. The zero-order chi connectivity index (χ0) is 16.2. The van der Waals surface area contributed by atoms with Crippen LogP contribution < -0.4 is 4.74 Å². The molecule has 0 aliphatic rings. The number of hydrogen-bond donors (Lipinski definition) is 0. The molecule has 3 aromatic rings. The van der Waals surface area contributed by atoms with E-state index in [1.165, 1.54) is 24.3 Å². The molecule has 6 heteroatoms. The number of carbonyl (C=O) groups is 1. The number of hydrogen-bond acceptors (Lipinski definition) is 4. The Balaban J connectivity index is 1.57. The molecule has 0 atom stereocenters. The smallest absolute Gasteiger partial charge is 0.260 e. The molecule has 23 heavy (non-hydrogen) atoms. The van der Waals surface area contributed by atoms with Gasteiger partial charge in [0.15, 0.2) is 6.61 Å². The Bertz CT molecular complexity index is 784. The topological polar surface area (TPSA) is 42.4 Å². The summed E-state index contributed by atoms with van der Waals surface area (Å²) in [5.74, 6) is -0.0293. The fourth-order valence-electron chi connectivity index (χ4n) is 2.06. The highest BCUT2D eigenvalue weighted by Gasteiger charge is 2.13. The summed E-state index contributed by atoms with van der Waals surface area (Å²) in [4.78, 5) is 18.2. The molecule has 0 N–H and O–H groups in total. The van der Waals surface area contributed by atoms with Crippen LogP contribution in [0.25, 0.3) is 10.2 Å². The van der Waals surface area contributed by atoms with Crippen LogP contribution in [0.15, 0.2) is 48.5 Å². The predicted molar refractivity (Wildman–Crippen MR) is 88.0 cm³/mol. The highest BCUT2D eigenvalue weighted by molar-refractivity contribution is 7.18. The van der Waals surface area contributed by atoms with E-state index in [0.717, 1.165) is 15.2 Å². The van der Waals surface area contributed by atoms with Gasteiger partial charge in [-0.3, -0.25) is 4.79 Å². The molecule has 3 rings (SSSR count). The lowest BCUT2D eigenvalue weighted by atomic mass is 10.3. The fraction of sp³-hybridized carbons (Fsp3) is 0.176. The van der Waals surface area contributed by atoms with Crippen molar-refractivity contribution in [2.45, 2.75) is 6.54 Å². The summed E-state index contributed by atoms with van der Waals surface area (Å²) in [6, 6.07) is 13.5. The number of ether oxygens (including phenoxy) is 1. The summed E-state index contributed by atoms with van der Waals surface area (Å²) >= 11 is 1.57. The maximum absolute atomic E-state index is 12.8. The molecule has 0 aliphatic heterocycles. The van der Waals surface area contributed by atoms with Crippen LogP contribution in [0, 0.1) is 5.82 Å². The first-order valence-electron chi connectivity index (χ1n) is 7.08. The van der Waals surface area contributed by atoms with E-state index in [-0.39, 0.29) is 18.3 Å². The second-order valence-corrected chi connectivity index (χ2v) is 6.18. The van der Waals surface area contributed by atoms with Crippen LogP contribution in [0.3, 0.4) is 0 Å². The van der Waals surface area contributed by atoms with E-state index in [1.54, 1.807) is 23.3 Å². The summed E-state index contributed by atoms with van der Waals surface area (Å²) in [6.07, 6.45) is 0. The van der Waals surface area contributed by atoms with Crippen LogP contribution in [0.5, 0.6) is 5.75 Å². The maximum Gasteiger partial charge on any atom is 0.260 e. The van der Waals surface area contributed by atoms with Crippen molar-refractivity contribution in [2.24, 2.45) is 0 Å². The van der Waals surface area contributed by atoms with Gasteiger partial charge in [-0.2, -0.15) is 0 Å². The summed E-state index contributed by atoms with van der Waals surface area (Å²) in [7, 11) is 1.71. The Morgan fingerprint density at radius 1 is 1.22 bits per heavy atom. The van der Waals surface area contributed by atoms with E-state index in [1.807, 2.05) is 24.3 Å². The number of amides is 1. The predicted octanol–water partition coefficient (Wildman–Crippen LogP) is 3.47. The van der Waals surface area contributed by atoms with E-state index < -0.39 is 0 Å². The maximum atomic E-state index is 12.8. The molecule has 0 spiro atoms. The Morgan fingerprint density at radius 3 is 2.70 bits per heavy atom. The molecule has 1 amide bonds. The monoisotopic (exact) mass is 330 g/mol. The van der Waals surface area contributed by atoms with Crippen molar-refractivity contribution in [3.05, 3.63) is 59.4 Å². The van der Waals surface area contributed by atoms with Crippen LogP contribution in [0.1, 0.15) is 5.01 Å². The molecule has 2 aromatic carbocycles. The minimum Gasteiger partial charge on any atom is -0.484 e. The van der Waals surface area contributed by atoms with Gasteiger partial charge in [-0.25, -0.2) is 9.37 Å². The van der Waals surface area contributed by atoms with Crippen LogP contribution in [0.4, 0.5) is 4.39 Å². The minimum atomic E-state index is -0.336. The Hall–Kier alpha value is -2.47. The average molecular weight is 330 g/mol. The zero-order valence-electron chi connectivity index (χ0n) is 12.5. The van der Waals surface area contributed by atoms with Gasteiger partial charge in [0.1, 0.15) is 16.6 Å². The lowest BCUT2D eigenvalue weighted by molar-refractivity contribution is -0.132. The summed E-state index contributed by atoms with van der Waals surface area (Å²) in [5.41, 5.74) is 0.941. The first kappa shape index (κ1) is 15.4. The van der Waals surface area contributed by atoms with E-state index in [4.69, 9.17) is 4.74 Å². The number of nitrogens with zero attached hydrogens (tertiary/aromatic N) is 2. The third-order valence-electron chi connectivity index (χ3n) is 3.31. The van der Waals surface area contributed by atoms with Crippen molar-refractivity contribution >= 4 is 27.5 Å². The van der Waals surface area contributed by atoms with E-state index in [0.29, 0.717) is 12.3 Å². The van der Waals surface area contributed by atoms with Crippen LogP contribution in [-0.2, 0) is 11.3 Å². The van der Waals surface area contributed by atoms with Gasteiger partial charge in [0.05, 0.1) is 16.8 Å². The highest BCUT2D eigenvalue weighted by Crippen LogP contribution is 2.22. The summed E-state index contributed by atoms with van der Waals surface area (Å²) in [6.45, 7) is 0.345. The van der Waals surface area contributed by atoms with Gasteiger partial charge in [0, 0.05) is 7.05 Å². The molecule has 0 bridgehead atoms.